The fraction of sp³-hybridized carbons (Fsp3) is 0.440. The van der Waals surface area contributed by atoms with Crippen molar-refractivity contribution in [1.29, 1.82) is 0 Å². The number of ether oxygens (including phenoxy) is 2. The molecule has 3 N–H and O–H groups in total. The molecule has 33 heavy (non-hydrogen) atoms. The van der Waals surface area contributed by atoms with E-state index in [1.54, 1.807) is 42.5 Å². The second kappa shape index (κ2) is 8.94. The van der Waals surface area contributed by atoms with Crippen molar-refractivity contribution in [2.45, 2.75) is 44.9 Å². The van der Waals surface area contributed by atoms with Crippen LogP contribution in [-0.2, 0) is 10.5 Å². The Kier molecular flexibility index (Phi) is 6.21. The van der Waals surface area contributed by atoms with Gasteiger partial charge in [-0.1, -0.05) is 44.9 Å². The summed E-state index contributed by atoms with van der Waals surface area (Å²) in [5, 5.41) is 17.9. The van der Waals surface area contributed by atoms with Gasteiger partial charge < -0.3 is 25.2 Å². The van der Waals surface area contributed by atoms with Crippen LogP contribution in [0.5, 0.6) is 11.5 Å². The molecule has 2 aliphatic rings. The second-order valence-electron chi connectivity index (χ2n) is 8.87. The minimum atomic E-state index is -2.28. The maximum atomic E-state index is 13.8. The van der Waals surface area contributed by atoms with E-state index in [2.05, 4.69) is 24.5 Å². The summed E-state index contributed by atoms with van der Waals surface area (Å²) in [6.45, 7) is 4.29. The van der Waals surface area contributed by atoms with Gasteiger partial charge in [0.15, 0.2) is 0 Å². The first kappa shape index (κ1) is 22.9. The zero-order valence-corrected chi connectivity index (χ0v) is 19.4. The van der Waals surface area contributed by atoms with Crippen molar-refractivity contribution in [3.05, 3.63) is 48.0 Å². The monoisotopic (exact) mass is 453 g/mol. The van der Waals surface area contributed by atoms with Gasteiger partial charge in [0.2, 0.25) is 0 Å². The molecule has 0 bridgehead atoms. The number of urea groups is 1. The Bertz CT molecular complexity index is 1060. The van der Waals surface area contributed by atoms with E-state index < -0.39 is 17.7 Å². The number of aliphatic hydroxyl groups is 1. The predicted octanol–water partition coefficient (Wildman–Crippen LogP) is 3.84. The maximum Gasteiger partial charge on any atom is 0.329 e. The van der Waals surface area contributed by atoms with Gasteiger partial charge in [-0.15, -0.1) is 0 Å². The molecular formula is C25H31N3O5. The van der Waals surface area contributed by atoms with Crippen LogP contribution in [0, 0.1) is 11.8 Å². The molecule has 3 amide bonds. The molecule has 176 valence electrons. The number of nitrogens with one attached hydrogen (secondary N) is 2. The van der Waals surface area contributed by atoms with Crippen molar-refractivity contribution in [2.75, 3.05) is 24.4 Å². The van der Waals surface area contributed by atoms with E-state index >= 15 is 0 Å². The van der Waals surface area contributed by atoms with Gasteiger partial charge in [-0.3, -0.25) is 4.79 Å². The van der Waals surface area contributed by atoms with Gasteiger partial charge in [-0.2, -0.15) is 0 Å². The van der Waals surface area contributed by atoms with Gasteiger partial charge in [0.1, 0.15) is 11.5 Å². The van der Waals surface area contributed by atoms with E-state index in [1.807, 2.05) is 0 Å². The summed E-state index contributed by atoms with van der Waals surface area (Å²) in [4.78, 5) is 28.2. The molecule has 2 aromatic rings. The molecule has 0 spiro atoms. The number of methoxy groups -OCH3 is 2. The maximum absolute atomic E-state index is 13.8. The molecule has 4 unspecified atom stereocenters. The number of nitrogens with zero attached hydrogens (tertiary/aromatic N) is 1. The van der Waals surface area contributed by atoms with Crippen LogP contribution in [0.1, 0.15) is 38.7 Å². The van der Waals surface area contributed by atoms with E-state index in [1.165, 1.54) is 14.2 Å². The Morgan fingerprint density at radius 1 is 1.15 bits per heavy atom. The fourth-order valence-electron chi connectivity index (χ4n) is 4.87. The van der Waals surface area contributed by atoms with Crippen LogP contribution in [0.3, 0.4) is 0 Å². The normalized spacial score (nSPS) is 26.8. The van der Waals surface area contributed by atoms with Crippen LogP contribution in [0.25, 0.3) is 0 Å². The molecule has 4 atom stereocenters. The SMILES string of the molecule is COc1ccc(N2C(=O)Nc3ccccc3C2(O)C(=O)NC2CCCC(C)C2C)c(OC)c1. The molecule has 1 heterocycles. The van der Waals surface area contributed by atoms with Crippen LogP contribution in [0.4, 0.5) is 16.2 Å². The third kappa shape index (κ3) is 3.88. The van der Waals surface area contributed by atoms with Crippen molar-refractivity contribution in [1.82, 2.24) is 5.32 Å². The van der Waals surface area contributed by atoms with Gasteiger partial charge in [0.05, 0.1) is 25.6 Å². The Morgan fingerprint density at radius 3 is 2.64 bits per heavy atom. The summed E-state index contributed by atoms with van der Waals surface area (Å²) < 4.78 is 10.8. The fourth-order valence-corrected chi connectivity index (χ4v) is 4.87. The first-order valence-electron chi connectivity index (χ1n) is 11.3. The van der Waals surface area contributed by atoms with Crippen LogP contribution in [0.15, 0.2) is 42.5 Å². The number of hydrogen-bond acceptors (Lipinski definition) is 5. The van der Waals surface area contributed by atoms with Crippen molar-refractivity contribution in [3.8, 4) is 11.5 Å². The highest BCUT2D eigenvalue weighted by Gasteiger charge is 2.53. The standard InChI is InChI=1S/C25H31N3O5/c1-15-8-7-11-19(16(15)2)26-23(29)25(31)18-9-5-6-10-20(18)27-24(30)28(25)21-13-12-17(32-3)14-22(21)33-4/h5-6,9-10,12-16,19,31H,7-8,11H2,1-4H3,(H,26,29)(H,27,30). The molecule has 8 heteroatoms. The first-order chi connectivity index (χ1) is 15.8. The van der Waals surface area contributed by atoms with E-state index in [4.69, 9.17) is 9.47 Å². The van der Waals surface area contributed by atoms with Crippen LogP contribution < -0.4 is 25.0 Å². The van der Waals surface area contributed by atoms with Crippen LogP contribution in [-0.4, -0.2) is 37.3 Å². The number of carbonyl (C=O) groups excluding carboxylic acids is 2. The van der Waals surface area contributed by atoms with E-state index in [0.717, 1.165) is 24.2 Å². The topological polar surface area (TPSA) is 100 Å². The molecule has 0 saturated heterocycles. The van der Waals surface area contributed by atoms with E-state index in [-0.39, 0.29) is 29.0 Å². The highest BCUT2D eigenvalue weighted by atomic mass is 16.5. The Hall–Kier alpha value is -3.26. The predicted molar refractivity (Wildman–Crippen MR) is 125 cm³/mol. The average molecular weight is 454 g/mol. The Balaban J connectivity index is 1.82. The van der Waals surface area contributed by atoms with Crippen molar-refractivity contribution >= 4 is 23.3 Å². The minimum Gasteiger partial charge on any atom is -0.497 e. The highest BCUT2D eigenvalue weighted by Crippen LogP contribution is 2.44. The molecule has 4 rings (SSSR count). The summed E-state index contributed by atoms with van der Waals surface area (Å²) in [7, 11) is 2.98. The molecule has 8 nitrogen and oxygen atoms in total. The van der Waals surface area contributed by atoms with Gasteiger partial charge >= 0.3 is 6.03 Å². The molecule has 1 aliphatic carbocycles. The Morgan fingerprint density at radius 2 is 1.91 bits per heavy atom. The number of carbonyl (C=O) groups is 2. The largest absolute Gasteiger partial charge is 0.497 e. The van der Waals surface area contributed by atoms with E-state index in [0.29, 0.717) is 17.4 Å². The minimum absolute atomic E-state index is 0.0953. The summed E-state index contributed by atoms with van der Waals surface area (Å²) in [6, 6.07) is 10.9. The lowest BCUT2D eigenvalue weighted by Crippen LogP contribution is -2.64. The third-order valence-electron chi connectivity index (χ3n) is 7.04. The molecule has 1 aliphatic heterocycles. The Labute approximate surface area is 193 Å². The lowest BCUT2D eigenvalue weighted by Gasteiger charge is -2.44. The van der Waals surface area contributed by atoms with Crippen molar-refractivity contribution in [2.24, 2.45) is 11.8 Å². The molecule has 1 saturated carbocycles. The smallest absolute Gasteiger partial charge is 0.329 e. The quantitative estimate of drug-likeness (QED) is 0.639. The highest BCUT2D eigenvalue weighted by molar-refractivity contribution is 6.12. The average Bonchev–Trinajstić information content (AvgIpc) is 2.82. The number of fused-ring (bicyclic) bond motifs is 1. The van der Waals surface area contributed by atoms with Crippen molar-refractivity contribution in [3.63, 3.8) is 0 Å². The number of amides is 3. The number of para-hydroxylation sites is 1. The third-order valence-corrected chi connectivity index (χ3v) is 7.04. The first-order valence-corrected chi connectivity index (χ1v) is 11.3. The van der Waals surface area contributed by atoms with Gasteiger partial charge in [-0.05, 0) is 36.5 Å². The number of benzene rings is 2. The van der Waals surface area contributed by atoms with Crippen molar-refractivity contribution < 1.29 is 24.2 Å². The second-order valence-corrected chi connectivity index (χ2v) is 8.87. The summed E-state index contributed by atoms with van der Waals surface area (Å²) in [6.07, 6.45) is 2.94. The molecule has 0 aromatic heterocycles. The lowest BCUT2D eigenvalue weighted by molar-refractivity contribution is -0.141. The molecule has 1 fully saturated rings. The molecule has 0 radical (unpaired) electrons. The molecule has 2 aromatic carbocycles. The molecular weight excluding hydrogens is 422 g/mol. The number of anilines is 2. The van der Waals surface area contributed by atoms with Crippen LogP contribution >= 0.6 is 0 Å². The van der Waals surface area contributed by atoms with Gasteiger partial charge in [0, 0.05) is 17.7 Å². The van der Waals surface area contributed by atoms with E-state index in [9.17, 15) is 14.7 Å². The van der Waals surface area contributed by atoms with Gasteiger partial charge in [-0.25, -0.2) is 9.69 Å². The lowest BCUT2D eigenvalue weighted by atomic mass is 9.78. The summed E-state index contributed by atoms with van der Waals surface area (Å²) in [5.74, 6) is 0.871. The zero-order valence-electron chi connectivity index (χ0n) is 19.4. The zero-order chi connectivity index (χ0) is 23.8. The number of hydrogen-bond donors (Lipinski definition) is 3. The van der Waals surface area contributed by atoms with Crippen LogP contribution in [0.2, 0.25) is 0 Å². The summed E-state index contributed by atoms with van der Waals surface area (Å²) in [5.41, 5.74) is -1.36. The van der Waals surface area contributed by atoms with Gasteiger partial charge in [0.25, 0.3) is 11.6 Å². The number of rotatable bonds is 5. The summed E-state index contributed by atoms with van der Waals surface area (Å²) >= 11 is 0.